The molecule has 1 amide bonds. The topological polar surface area (TPSA) is 20.3 Å². The number of carbonyl (C=O) groups is 1. The number of amides is 1. The summed E-state index contributed by atoms with van der Waals surface area (Å²) in [6.45, 7) is 4.88. The first kappa shape index (κ1) is 10.5. The van der Waals surface area contributed by atoms with E-state index in [1.165, 1.54) is 0 Å². The van der Waals surface area contributed by atoms with Gasteiger partial charge in [-0.1, -0.05) is 18.5 Å². The Morgan fingerprint density at radius 2 is 2.13 bits per heavy atom. The van der Waals surface area contributed by atoms with Crippen LogP contribution in [0.25, 0.3) is 0 Å². The van der Waals surface area contributed by atoms with E-state index in [1.54, 1.807) is 0 Å². The third kappa shape index (κ3) is 2.15. The van der Waals surface area contributed by atoms with Crippen LogP contribution in [0.4, 0.5) is 5.69 Å². The largest absolute Gasteiger partial charge is 0.312 e. The molecule has 2 nitrogen and oxygen atoms in total. The molecule has 0 aliphatic carbocycles. The van der Waals surface area contributed by atoms with E-state index in [0.717, 1.165) is 17.8 Å². The first-order valence-corrected chi connectivity index (χ1v) is 5.51. The van der Waals surface area contributed by atoms with Crippen molar-refractivity contribution in [1.29, 1.82) is 0 Å². The average molecular weight is 224 g/mol. The van der Waals surface area contributed by atoms with Gasteiger partial charge >= 0.3 is 0 Å². The van der Waals surface area contributed by atoms with Crippen LogP contribution in [0.5, 0.6) is 0 Å². The van der Waals surface area contributed by atoms with Gasteiger partial charge in [-0.3, -0.25) is 4.79 Å². The highest BCUT2D eigenvalue weighted by atomic mass is 35.5. The Kier molecular flexibility index (Phi) is 2.70. The van der Waals surface area contributed by atoms with Crippen molar-refractivity contribution in [3.63, 3.8) is 0 Å². The lowest BCUT2D eigenvalue weighted by molar-refractivity contribution is -0.117. The van der Waals surface area contributed by atoms with Crippen LogP contribution in [0.2, 0.25) is 5.02 Å². The lowest BCUT2D eigenvalue weighted by Crippen LogP contribution is -2.24. The number of halogens is 1. The number of hydrogen-bond donors (Lipinski definition) is 0. The van der Waals surface area contributed by atoms with E-state index in [4.69, 9.17) is 11.6 Å². The lowest BCUT2D eigenvalue weighted by atomic mass is 10.2. The molecule has 0 spiro atoms. The van der Waals surface area contributed by atoms with E-state index in [9.17, 15) is 4.79 Å². The Hall–Kier alpha value is -1.02. The average Bonchev–Trinajstić information content (AvgIpc) is 2.43. The molecular weight excluding hydrogens is 210 g/mol. The van der Waals surface area contributed by atoms with Crippen LogP contribution in [-0.2, 0) is 4.79 Å². The predicted octanol–water partition coefficient (Wildman–Crippen LogP) is 3.02. The summed E-state index contributed by atoms with van der Waals surface area (Å²) in [6, 6.07) is 5.75. The van der Waals surface area contributed by atoms with Crippen molar-refractivity contribution in [3.05, 3.63) is 28.8 Å². The van der Waals surface area contributed by atoms with Gasteiger partial charge in [-0.25, -0.2) is 0 Å². The third-order valence-corrected chi connectivity index (χ3v) is 2.88. The van der Waals surface area contributed by atoms with Crippen LogP contribution in [0.3, 0.4) is 0 Å². The van der Waals surface area contributed by atoms with Gasteiger partial charge in [0.05, 0.1) is 0 Å². The molecule has 1 aliphatic heterocycles. The van der Waals surface area contributed by atoms with Crippen molar-refractivity contribution >= 4 is 23.2 Å². The molecule has 3 heteroatoms. The van der Waals surface area contributed by atoms with Crippen LogP contribution in [0.1, 0.15) is 18.9 Å². The molecule has 1 saturated heterocycles. The second-order valence-corrected chi connectivity index (χ2v) is 4.74. The van der Waals surface area contributed by atoms with Gasteiger partial charge < -0.3 is 4.90 Å². The maximum atomic E-state index is 11.7. The van der Waals surface area contributed by atoms with Crippen molar-refractivity contribution in [2.24, 2.45) is 5.92 Å². The Bertz CT molecular complexity index is 382. The fourth-order valence-electron chi connectivity index (χ4n) is 2.01. The van der Waals surface area contributed by atoms with Crippen molar-refractivity contribution in [2.75, 3.05) is 11.4 Å². The van der Waals surface area contributed by atoms with Gasteiger partial charge in [0.1, 0.15) is 0 Å². The van der Waals surface area contributed by atoms with Crippen LogP contribution in [-0.4, -0.2) is 12.5 Å². The maximum Gasteiger partial charge on any atom is 0.227 e. The van der Waals surface area contributed by atoms with Crippen molar-refractivity contribution in [3.8, 4) is 0 Å². The molecule has 1 heterocycles. The molecule has 2 rings (SSSR count). The Morgan fingerprint density at radius 3 is 2.67 bits per heavy atom. The van der Waals surface area contributed by atoms with Crippen molar-refractivity contribution < 1.29 is 4.79 Å². The molecule has 1 aromatic rings. The van der Waals surface area contributed by atoms with Gasteiger partial charge in [-0.2, -0.15) is 0 Å². The second kappa shape index (κ2) is 3.86. The number of anilines is 1. The summed E-state index contributed by atoms with van der Waals surface area (Å²) in [5.74, 6) is 0.640. The van der Waals surface area contributed by atoms with E-state index >= 15 is 0 Å². The van der Waals surface area contributed by atoms with Crippen molar-refractivity contribution in [2.45, 2.75) is 20.3 Å². The minimum atomic E-state index is 0.198. The van der Waals surface area contributed by atoms with E-state index in [1.807, 2.05) is 30.0 Å². The standard InChI is InChI=1S/C12H14ClNO/c1-8-3-10(13)6-11(4-8)14-7-9(2)5-12(14)15/h3-4,6,9H,5,7H2,1-2H3. The molecule has 0 radical (unpaired) electrons. The van der Waals surface area contributed by atoms with Gasteiger partial charge in [-0.15, -0.1) is 0 Å². The smallest absolute Gasteiger partial charge is 0.227 e. The van der Waals surface area contributed by atoms with E-state index in [2.05, 4.69) is 6.92 Å². The zero-order valence-electron chi connectivity index (χ0n) is 8.96. The van der Waals surface area contributed by atoms with Gasteiger partial charge in [-0.05, 0) is 36.6 Å². The van der Waals surface area contributed by atoms with Crippen molar-refractivity contribution in [1.82, 2.24) is 0 Å². The van der Waals surface area contributed by atoms with E-state index in [0.29, 0.717) is 17.4 Å². The fraction of sp³-hybridized carbons (Fsp3) is 0.417. The molecule has 1 unspecified atom stereocenters. The number of hydrogen-bond acceptors (Lipinski definition) is 1. The number of rotatable bonds is 1. The number of aryl methyl sites for hydroxylation is 1. The van der Waals surface area contributed by atoms with Crippen LogP contribution in [0, 0.1) is 12.8 Å². The van der Waals surface area contributed by atoms with Crippen LogP contribution >= 0.6 is 11.6 Å². The molecule has 0 N–H and O–H groups in total. The molecule has 80 valence electrons. The lowest BCUT2D eigenvalue weighted by Gasteiger charge is -2.17. The molecule has 1 atom stereocenters. The molecule has 0 saturated carbocycles. The molecule has 1 aromatic carbocycles. The molecule has 15 heavy (non-hydrogen) atoms. The SMILES string of the molecule is Cc1cc(Cl)cc(N2CC(C)CC2=O)c1. The van der Waals surface area contributed by atoms with Crippen LogP contribution in [0.15, 0.2) is 18.2 Å². The summed E-state index contributed by atoms with van der Waals surface area (Å²) < 4.78 is 0. The Labute approximate surface area is 94.8 Å². The maximum absolute atomic E-state index is 11.7. The van der Waals surface area contributed by atoms with Gasteiger partial charge in [0.2, 0.25) is 5.91 Å². The zero-order valence-corrected chi connectivity index (χ0v) is 9.71. The summed E-state index contributed by atoms with van der Waals surface area (Å²) in [7, 11) is 0. The number of benzene rings is 1. The van der Waals surface area contributed by atoms with E-state index < -0.39 is 0 Å². The quantitative estimate of drug-likeness (QED) is 0.717. The normalized spacial score (nSPS) is 21.1. The molecule has 1 aliphatic rings. The summed E-state index contributed by atoms with van der Waals surface area (Å²) in [4.78, 5) is 13.5. The van der Waals surface area contributed by atoms with Gasteiger partial charge in [0, 0.05) is 23.7 Å². The Balaban J connectivity index is 2.33. The van der Waals surface area contributed by atoms with Gasteiger partial charge in [0.25, 0.3) is 0 Å². The zero-order chi connectivity index (χ0) is 11.0. The highest BCUT2D eigenvalue weighted by Crippen LogP contribution is 2.28. The van der Waals surface area contributed by atoms with Crippen LogP contribution < -0.4 is 4.90 Å². The third-order valence-electron chi connectivity index (χ3n) is 2.66. The minimum absolute atomic E-state index is 0.198. The molecule has 1 fully saturated rings. The minimum Gasteiger partial charge on any atom is -0.312 e. The molecule has 0 bridgehead atoms. The number of carbonyl (C=O) groups excluding carboxylic acids is 1. The number of nitrogens with zero attached hydrogens (tertiary/aromatic N) is 1. The summed E-state index contributed by atoms with van der Waals surface area (Å²) in [5.41, 5.74) is 2.01. The predicted molar refractivity (Wildman–Crippen MR) is 62.3 cm³/mol. The first-order chi connectivity index (χ1) is 7.06. The monoisotopic (exact) mass is 223 g/mol. The summed E-state index contributed by atoms with van der Waals surface area (Å²) in [5, 5.41) is 0.692. The Morgan fingerprint density at radius 1 is 1.40 bits per heavy atom. The highest BCUT2D eigenvalue weighted by molar-refractivity contribution is 6.31. The first-order valence-electron chi connectivity index (χ1n) is 5.14. The van der Waals surface area contributed by atoms with Gasteiger partial charge in [0.15, 0.2) is 0 Å². The van der Waals surface area contributed by atoms with E-state index in [-0.39, 0.29) is 5.91 Å². The second-order valence-electron chi connectivity index (χ2n) is 4.30. The summed E-state index contributed by atoms with van der Waals surface area (Å²) >= 11 is 5.97. The fourth-order valence-corrected chi connectivity index (χ4v) is 2.29. The highest BCUT2D eigenvalue weighted by Gasteiger charge is 2.27. The summed E-state index contributed by atoms with van der Waals surface area (Å²) in [6.07, 6.45) is 0.644. The molecular formula is C12H14ClNO. The molecule has 0 aromatic heterocycles.